The Hall–Kier alpha value is -1.39. The molecular formula is C26H44N2O2. The lowest BCUT2D eigenvalue weighted by Gasteiger charge is -2.60. The van der Waals surface area contributed by atoms with Crippen LogP contribution in [0.1, 0.15) is 100 Å². The summed E-state index contributed by atoms with van der Waals surface area (Å²) in [4.78, 5) is 22.8. The van der Waals surface area contributed by atoms with Gasteiger partial charge in [-0.2, -0.15) is 5.06 Å². The summed E-state index contributed by atoms with van der Waals surface area (Å²) in [7, 11) is 0. The maximum atomic E-state index is 14.1. The lowest BCUT2D eigenvalue weighted by Crippen LogP contribution is -2.75. The van der Waals surface area contributed by atoms with Gasteiger partial charge in [0.2, 0.25) is 5.91 Å². The summed E-state index contributed by atoms with van der Waals surface area (Å²) in [6, 6.07) is 10.3. The van der Waals surface area contributed by atoms with E-state index < -0.39 is 5.54 Å². The first kappa shape index (κ1) is 24.9. The number of hydroxylamine groups is 2. The molecule has 170 valence electrons. The van der Waals surface area contributed by atoms with E-state index in [1.54, 1.807) is 0 Å². The highest BCUT2D eigenvalue weighted by Crippen LogP contribution is 2.44. The predicted octanol–water partition coefficient (Wildman–Crippen LogP) is 6.38. The van der Waals surface area contributed by atoms with Gasteiger partial charge in [-0.3, -0.25) is 9.63 Å². The highest BCUT2D eigenvalue weighted by Gasteiger charge is 2.58. The van der Waals surface area contributed by atoms with Gasteiger partial charge < -0.3 is 4.90 Å². The van der Waals surface area contributed by atoms with Crippen LogP contribution in [0.4, 0.5) is 0 Å². The molecule has 0 spiro atoms. The van der Waals surface area contributed by atoms with E-state index in [1.165, 1.54) is 0 Å². The van der Waals surface area contributed by atoms with Gasteiger partial charge in [-0.15, -0.1) is 0 Å². The van der Waals surface area contributed by atoms with Gasteiger partial charge in [0.25, 0.3) is 0 Å². The second-order valence-corrected chi connectivity index (χ2v) is 11.4. The van der Waals surface area contributed by atoms with Crippen LogP contribution in [0.3, 0.4) is 0 Å². The molecule has 1 unspecified atom stereocenters. The second kappa shape index (κ2) is 8.63. The molecule has 0 saturated carbocycles. The van der Waals surface area contributed by atoms with Crippen molar-refractivity contribution in [1.82, 2.24) is 9.96 Å². The van der Waals surface area contributed by atoms with E-state index in [0.29, 0.717) is 6.54 Å². The van der Waals surface area contributed by atoms with E-state index in [2.05, 4.69) is 86.3 Å². The molecule has 4 heteroatoms. The number of piperazine rings is 1. The summed E-state index contributed by atoms with van der Waals surface area (Å²) >= 11 is 0. The second-order valence-electron chi connectivity index (χ2n) is 11.4. The first-order chi connectivity index (χ1) is 13.7. The molecule has 0 aliphatic carbocycles. The van der Waals surface area contributed by atoms with E-state index in [1.807, 2.05) is 23.3 Å². The minimum atomic E-state index is -0.667. The highest BCUT2D eigenvalue weighted by atomic mass is 16.7. The summed E-state index contributed by atoms with van der Waals surface area (Å²) < 4.78 is 0. The van der Waals surface area contributed by atoms with E-state index in [9.17, 15) is 4.79 Å². The van der Waals surface area contributed by atoms with Crippen LogP contribution in [0.5, 0.6) is 0 Å². The standard InChI is InChI=1S/C26H44N2O2/c1-11-26(12-2)22(29)27(24(7,8)18-23(4,5)6)19-25(9,10)28(26)30-20(3)21-16-14-13-15-17-21/h13-17,20H,11-12,18-19H2,1-10H3. The third-order valence-electron chi connectivity index (χ3n) is 6.52. The molecule has 0 radical (unpaired) electrons. The molecule has 1 aromatic carbocycles. The zero-order chi connectivity index (χ0) is 23.0. The van der Waals surface area contributed by atoms with E-state index in [0.717, 1.165) is 24.8 Å². The molecule has 1 atom stereocenters. The Bertz CT molecular complexity index is 714. The molecule has 0 N–H and O–H groups in total. The minimum absolute atomic E-state index is 0.120. The normalized spacial score (nSPS) is 21.0. The number of hydrogen-bond acceptors (Lipinski definition) is 3. The van der Waals surface area contributed by atoms with Gasteiger partial charge in [-0.25, -0.2) is 0 Å². The molecule has 2 rings (SSSR count). The topological polar surface area (TPSA) is 32.8 Å². The van der Waals surface area contributed by atoms with Gasteiger partial charge in [0.15, 0.2) is 0 Å². The Morgan fingerprint density at radius 2 is 1.57 bits per heavy atom. The molecule has 1 aromatic rings. The average Bonchev–Trinajstić information content (AvgIpc) is 2.64. The fourth-order valence-electron chi connectivity index (χ4n) is 5.35. The van der Waals surface area contributed by atoms with Crippen molar-refractivity contribution in [3.05, 3.63) is 35.9 Å². The Balaban J connectivity index is 2.45. The van der Waals surface area contributed by atoms with Gasteiger partial charge >= 0.3 is 0 Å². The van der Waals surface area contributed by atoms with E-state index >= 15 is 0 Å². The monoisotopic (exact) mass is 416 g/mol. The molecule has 1 heterocycles. The number of nitrogens with zero attached hydrogens (tertiary/aromatic N) is 2. The molecule has 4 nitrogen and oxygen atoms in total. The summed E-state index contributed by atoms with van der Waals surface area (Å²) in [5.74, 6) is 0.196. The van der Waals surface area contributed by atoms with Crippen molar-refractivity contribution in [2.24, 2.45) is 5.41 Å². The Morgan fingerprint density at radius 3 is 2.03 bits per heavy atom. The predicted molar refractivity (Wildman–Crippen MR) is 125 cm³/mol. The lowest BCUT2D eigenvalue weighted by atomic mass is 9.76. The van der Waals surface area contributed by atoms with E-state index in [-0.39, 0.29) is 28.5 Å². The van der Waals surface area contributed by atoms with Crippen LogP contribution in [0, 0.1) is 5.41 Å². The summed E-state index contributed by atoms with van der Waals surface area (Å²) in [5, 5.41) is 2.05. The molecule has 1 fully saturated rings. The minimum Gasteiger partial charge on any atom is -0.334 e. The quantitative estimate of drug-likeness (QED) is 0.517. The number of hydrogen-bond donors (Lipinski definition) is 0. The van der Waals surface area contributed by atoms with Crippen molar-refractivity contribution >= 4 is 5.91 Å². The third kappa shape index (κ3) is 4.91. The first-order valence-electron chi connectivity index (χ1n) is 11.5. The van der Waals surface area contributed by atoms with Crippen molar-refractivity contribution in [2.75, 3.05) is 6.54 Å². The Labute approximate surface area is 184 Å². The van der Waals surface area contributed by atoms with Gasteiger partial charge in [-0.05, 0) is 64.9 Å². The lowest BCUT2D eigenvalue weighted by molar-refractivity contribution is -0.312. The van der Waals surface area contributed by atoms with Crippen LogP contribution in [-0.2, 0) is 9.63 Å². The smallest absolute Gasteiger partial charge is 0.245 e. The van der Waals surface area contributed by atoms with Crippen molar-refractivity contribution in [3.8, 4) is 0 Å². The van der Waals surface area contributed by atoms with Crippen molar-refractivity contribution < 1.29 is 9.63 Å². The number of rotatable bonds is 7. The molecular weight excluding hydrogens is 372 g/mol. The zero-order valence-electron chi connectivity index (χ0n) is 21.0. The zero-order valence-corrected chi connectivity index (χ0v) is 21.0. The number of carbonyl (C=O) groups is 1. The molecule has 1 saturated heterocycles. The fourth-order valence-corrected chi connectivity index (χ4v) is 5.35. The summed E-state index contributed by atoms with van der Waals surface area (Å²) in [6.07, 6.45) is 2.27. The molecule has 30 heavy (non-hydrogen) atoms. The van der Waals surface area contributed by atoms with Crippen molar-refractivity contribution in [2.45, 2.75) is 111 Å². The van der Waals surface area contributed by atoms with Gasteiger partial charge in [-0.1, -0.05) is 65.0 Å². The first-order valence-corrected chi connectivity index (χ1v) is 11.5. The largest absolute Gasteiger partial charge is 0.334 e. The maximum Gasteiger partial charge on any atom is 0.245 e. The van der Waals surface area contributed by atoms with E-state index in [4.69, 9.17) is 4.84 Å². The number of benzene rings is 1. The van der Waals surface area contributed by atoms with Gasteiger partial charge in [0.05, 0.1) is 5.54 Å². The molecule has 0 aromatic heterocycles. The highest BCUT2D eigenvalue weighted by molar-refractivity contribution is 5.88. The summed E-state index contributed by atoms with van der Waals surface area (Å²) in [5.41, 5.74) is 0.0688. The van der Waals surface area contributed by atoms with Crippen LogP contribution in [0.15, 0.2) is 30.3 Å². The maximum absolute atomic E-state index is 14.1. The number of carbonyl (C=O) groups excluding carboxylic acids is 1. The number of amides is 1. The van der Waals surface area contributed by atoms with Crippen molar-refractivity contribution in [1.29, 1.82) is 0 Å². The van der Waals surface area contributed by atoms with Crippen LogP contribution in [-0.4, -0.2) is 39.0 Å². The van der Waals surface area contributed by atoms with Crippen molar-refractivity contribution in [3.63, 3.8) is 0 Å². The Morgan fingerprint density at radius 1 is 1.03 bits per heavy atom. The SMILES string of the molecule is CCC1(CC)C(=O)N(C(C)(C)CC(C)(C)C)CC(C)(C)N1OC(C)c1ccccc1. The van der Waals surface area contributed by atoms with Gasteiger partial charge in [0.1, 0.15) is 11.6 Å². The molecule has 1 aliphatic heterocycles. The summed E-state index contributed by atoms with van der Waals surface area (Å²) in [6.45, 7) is 22.5. The molecule has 1 aliphatic rings. The fraction of sp³-hybridized carbons (Fsp3) is 0.731. The van der Waals surface area contributed by atoms with Gasteiger partial charge in [0, 0.05) is 12.1 Å². The average molecular weight is 417 g/mol. The van der Waals surface area contributed by atoms with Crippen LogP contribution >= 0.6 is 0 Å². The molecule has 0 bridgehead atoms. The molecule has 1 amide bonds. The van der Waals surface area contributed by atoms with Crippen LogP contribution in [0.2, 0.25) is 0 Å². The Kier molecular flexibility index (Phi) is 7.15. The van der Waals surface area contributed by atoms with Crippen LogP contribution in [0.25, 0.3) is 0 Å². The third-order valence-corrected chi connectivity index (χ3v) is 6.52. The van der Waals surface area contributed by atoms with Crippen LogP contribution < -0.4 is 0 Å².